The van der Waals surface area contributed by atoms with Gasteiger partial charge in [-0.2, -0.15) is 0 Å². The summed E-state index contributed by atoms with van der Waals surface area (Å²) in [6, 6.07) is 24.7. The summed E-state index contributed by atoms with van der Waals surface area (Å²) in [6.45, 7) is 6.41. The fourth-order valence-corrected chi connectivity index (χ4v) is 4.36. The Morgan fingerprint density at radius 3 is 2.34 bits per heavy atom. The summed E-state index contributed by atoms with van der Waals surface area (Å²) in [4.78, 5) is 21.2. The Morgan fingerprint density at radius 2 is 1.62 bits per heavy atom. The first kappa shape index (κ1) is 20.3. The average Bonchev–Trinajstić information content (AvgIpc) is 3.19. The fourth-order valence-electron chi connectivity index (χ4n) is 4.36. The van der Waals surface area contributed by atoms with Gasteiger partial charge in [0, 0.05) is 62.8 Å². The highest BCUT2D eigenvalue weighted by Crippen LogP contribution is 2.27. The van der Waals surface area contributed by atoms with E-state index in [4.69, 9.17) is 4.98 Å². The van der Waals surface area contributed by atoms with Crippen molar-refractivity contribution in [3.8, 4) is 11.3 Å². The highest BCUT2D eigenvalue weighted by molar-refractivity contribution is 5.89. The molecule has 6 heteroatoms. The maximum Gasteiger partial charge on any atom is 0.221 e. The van der Waals surface area contributed by atoms with Gasteiger partial charge < -0.3 is 14.6 Å². The fraction of sp³-hybridized carbons (Fsp3) is 0.231. The lowest BCUT2D eigenvalue weighted by Gasteiger charge is -2.36. The van der Waals surface area contributed by atoms with Gasteiger partial charge in [0.1, 0.15) is 5.65 Å². The van der Waals surface area contributed by atoms with Crippen molar-refractivity contribution in [2.75, 3.05) is 36.4 Å². The summed E-state index contributed by atoms with van der Waals surface area (Å²) in [6.07, 6.45) is 2.09. The number of nitrogens with zero attached hydrogens (tertiary/aromatic N) is 4. The van der Waals surface area contributed by atoms with Crippen LogP contribution in [0.1, 0.15) is 12.6 Å². The van der Waals surface area contributed by atoms with Gasteiger partial charge in [0.25, 0.3) is 0 Å². The molecule has 5 rings (SSSR count). The molecule has 32 heavy (non-hydrogen) atoms. The van der Waals surface area contributed by atoms with Crippen molar-refractivity contribution in [2.24, 2.45) is 0 Å². The van der Waals surface area contributed by atoms with Gasteiger partial charge >= 0.3 is 0 Å². The number of hydrogen-bond acceptors (Lipinski definition) is 4. The van der Waals surface area contributed by atoms with Crippen LogP contribution in [0.5, 0.6) is 0 Å². The molecule has 1 aliphatic heterocycles. The van der Waals surface area contributed by atoms with E-state index >= 15 is 0 Å². The first-order valence-electron chi connectivity index (χ1n) is 11.0. The van der Waals surface area contributed by atoms with E-state index in [1.54, 1.807) is 0 Å². The Labute approximate surface area is 188 Å². The van der Waals surface area contributed by atoms with Crippen molar-refractivity contribution in [1.29, 1.82) is 0 Å². The summed E-state index contributed by atoms with van der Waals surface area (Å²) in [5.41, 5.74) is 6.29. The Balaban J connectivity index is 1.38. The predicted octanol–water partition coefficient (Wildman–Crippen LogP) is 4.28. The molecule has 162 valence electrons. The standard InChI is InChI=1S/C26H27N5O/c1-20(32)27-22-12-10-21(11-13-22)26-24(31-14-6-5-9-25(31)28-26)19-29-15-17-30(18-16-29)23-7-3-2-4-8-23/h2-14H,15-19H2,1H3,(H,27,32). The van der Waals surface area contributed by atoms with E-state index in [1.165, 1.54) is 18.3 Å². The Hall–Kier alpha value is -3.64. The largest absolute Gasteiger partial charge is 0.369 e. The smallest absolute Gasteiger partial charge is 0.221 e. The van der Waals surface area contributed by atoms with Gasteiger partial charge in [-0.05, 0) is 36.4 Å². The van der Waals surface area contributed by atoms with Crippen LogP contribution < -0.4 is 10.2 Å². The van der Waals surface area contributed by atoms with E-state index < -0.39 is 0 Å². The van der Waals surface area contributed by atoms with E-state index in [2.05, 4.69) is 62.1 Å². The minimum Gasteiger partial charge on any atom is -0.369 e. The van der Waals surface area contributed by atoms with Gasteiger partial charge in [-0.1, -0.05) is 36.4 Å². The first-order valence-corrected chi connectivity index (χ1v) is 11.0. The molecule has 0 aliphatic carbocycles. The zero-order valence-electron chi connectivity index (χ0n) is 18.2. The lowest BCUT2D eigenvalue weighted by Crippen LogP contribution is -2.46. The lowest BCUT2D eigenvalue weighted by atomic mass is 10.1. The minimum atomic E-state index is -0.0687. The molecule has 0 bridgehead atoms. The van der Waals surface area contributed by atoms with Gasteiger partial charge in [0.2, 0.25) is 5.91 Å². The highest BCUT2D eigenvalue weighted by Gasteiger charge is 2.21. The third kappa shape index (κ3) is 4.22. The molecule has 0 atom stereocenters. The molecule has 2 aromatic heterocycles. The normalized spacial score (nSPS) is 14.6. The molecule has 4 aromatic rings. The number of carbonyl (C=O) groups is 1. The number of hydrogen-bond donors (Lipinski definition) is 1. The third-order valence-electron chi connectivity index (χ3n) is 5.97. The molecular formula is C26H27N5O. The molecule has 0 spiro atoms. The SMILES string of the molecule is CC(=O)Nc1ccc(-c2nc3ccccn3c2CN2CCN(c3ccccc3)CC2)cc1. The van der Waals surface area contributed by atoms with Gasteiger partial charge in [-0.3, -0.25) is 9.69 Å². The maximum atomic E-state index is 11.3. The molecule has 1 N–H and O–H groups in total. The van der Waals surface area contributed by atoms with Crippen molar-refractivity contribution >= 4 is 22.9 Å². The van der Waals surface area contributed by atoms with Crippen molar-refractivity contribution in [2.45, 2.75) is 13.5 Å². The second-order valence-corrected chi connectivity index (χ2v) is 8.19. The zero-order chi connectivity index (χ0) is 21.9. The molecule has 3 heterocycles. The van der Waals surface area contributed by atoms with E-state index in [9.17, 15) is 4.79 Å². The molecular weight excluding hydrogens is 398 g/mol. The molecule has 2 aromatic carbocycles. The topological polar surface area (TPSA) is 52.9 Å². The van der Waals surface area contributed by atoms with Crippen molar-refractivity contribution in [3.63, 3.8) is 0 Å². The molecule has 0 saturated carbocycles. The summed E-state index contributed by atoms with van der Waals surface area (Å²) < 4.78 is 2.20. The summed E-state index contributed by atoms with van der Waals surface area (Å²) >= 11 is 0. The van der Waals surface area contributed by atoms with E-state index in [-0.39, 0.29) is 5.91 Å². The number of pyridine rings is 1. The quantitative estimate of drug-likeness (QED) is 0.519. The molecule has 1 aliphatic rings. The minimum absolute atomic E-state index is 0.0687. The first-order chi connectivity index (χ1) is 15.7. The number of nitrogens with one attached hydrogen (secondary N) is 1. The number of piperazine rings is 1. The summed E-state index contributed by atoms with van der Waals surface area (Å²) in [7, 11) is 0. The van der Waals surface area contributed by atoms with Gasteiger partial charge in [-0.15, -0.1) is 0 Å². The second kappa shape index (κ2) is 8.85. The molecule has 1 saturated heterocycles. The van der Waals surface area contributed by atoms with Crippen LogP contribution in [0.3, 0.4) is 0 Å². The van der Waals surface area contributed by atoms with Crippen molar-refractivity contribution in [3.05, 3.63) is 84.7 Å². The monoisotopic (exact) mass is 425 g/mol. The maximum absolute atomic E-state index is 11.3. The molecule has 0 unspecified atom stereocenters. The lowest BCUT2D eigenvalue weighted by molar-refractivity contribution is -0.114. The number of carbonyl (C=O) groups excluding carboxylic acids is 1. The zero-order valence-corrected chi connectivity index (χ0v) is 18.2. The second-order valence-electron chi connectivity index (χ2n) is 8.19. The van der Waals surface area contributed by atoms with Crippen LogP contribution in [0.25, 0.3) is 16.9 Å². The highest BCUT2D eigenvalue weighted by atomic mass is 16.1. The van der Waals surface area contributed by atoms with E-state index in [0.29, 0.717) is 0 Å². The summed E-state index contributed by atoms with van der Waals surface area (Å²) in [5.74, 6) is -0.0687. The number of aromatic nitrogens is 2. The summed E-state index contributed by atoms with van der Waals surface area (Å²) in [5, 5.41) is 2.83. The van der Waals surface area contributed by atoms with Crippen LogP contribution in [0.15, 0.2) is 79.0 Å². The van der Waals surface area contributed by atoms with E-state index in [1.807, 2.05) is 36.4 Å². The van der Waals surface area contributed by atoms with Crippen molar-refractivity contribution < 1.29 is 4.79 Å². The van der Waals surface area contributed by atoms with Crippen LogP contribution in [0.4, 0.5) is 11.4 Å². The Morgan fingerprint density at radius 1 is 0.906 bits per heavy atom. The number of imidazole rings is 1. The number of para-hydroxylation sites is 1. The number of rotatable bonds is 5. The van der Waals surface area contributed by atoms with Crippen LogP contribution in [0.2, 0.25) is 0 Å². The molecule has 6 nitrogen and oxygen atoms in total. The van der Waals surface area contributed by atoms with Crippen LogP contribution in [0, 0.1) is 0 Å². The van der Waals surface area contributed by atoms with E-state index in [0.717, 1.165) is 55.3 Å². The number of amides is 1. The predicted molar refractivity (Wildman–Crippen MR) is 129 cm³/mol. The number of fused-ring (bicyclic) bond motifs is 1. The van der Waals surface area contributed by atoms with Gasteiger partial charge in [0.15, 0.2) is 0 Å². The average molecular weight is 426 g/mol. The number of anilines is 2. The van der Waals surface area contributed by atoms with Crippen LogP contribution in [-0.4, -0.2) is 46.4 Å². The molecule has 1 fully saturated rings. The Kier molecular flexibility index (Phi) is 5.60. The van der Waals surface area contributed by atoms with Crippen molar-refractivity contribution in [1.82, 2.24) is 14.3 Å². The number of benzene rings is 2. The van der Waals surface area contributed by atoms with Crippen LogP contribution >= 0.6 is 0 Å². The van der Waals surface area contributed by atoms with Gasteiger partial charge in [-0.25, -0.2) is 4.98 Å². The third-order valence-corrected chi connectivity index (χ3v) is 5.97. The Bertz CT molecular complexity index is 1210. The van der Waals surface area contributed by atoms with Gasteiger partial charge in [0.05, 0.1) is 11.4 Å². The molecule has 0 radical (unpaired) electrons. The molecule has 1 amide bonds. The van der Waals surface area contributed by atoms with Crippen LogP contribution in [-0.2, 0) is 11.3 Å².